The molecule has 0 saturated heterocycles. The third-order valence-corrected chi connectivity index (χ3v) is 4.45. The number of aliphatic hydroxyl groups excluding tert-OH is 1. The van der Waals surface area contributed by atoms with Gasteiger partial charge in [0, 0.05) is 7.05 Å². The van der Waals surface area contributed by atoms with Crippen LogP contribution in [0.4, 0.5) is 0 Å². The lowest BCUT2D eigenvalue weighted by Crippen LogP contribution is -2.24. The van der Waals surface area contributed by atoms with Crippen molar-refractivity contribution in [3.8, 4) is 0 Å². The second-order valence-corrected chi connectivity index (χ2v) is 5.87. The molecule has 0 radical (unpaired) electrons. The summed E-state index contributed by atoms with van der Waals surface area (Å²) in [4.78, 5) is 3.24. The van der Waals surface area contributed by atoms with Crippen molar-refractivity contribution in [2.75, 3.05) is 0 Å². The maximum atomic E-state index is 10.4. The summed E-state index contributed by atoms with van der Waals surface area (Å²) in [5, 5.41) is 14.8. The van der Waals surface area contributed by atoms with Crippen LogP contribution in [0.5, 0.6) is 0 Å². The normalized spacial score (nSPS) is 24.8. The number of nitrogens with one attached hydrogen (secondary N) is 1. The first-order chi connectivity index (χ1) is 9.09. The maximum Gasteiger partial charge on any atom is 0.179 e. The Morgan fingerprint density at radius 2 is 2.05 bits per heavy atom. The van der Waals surface area contributed by atoms with Gasteiger partial charge in [0.05, 0.1) is 17.8 Å². The zero-order chi connectivity index (χ0) is 13.6. The highest BCUT2D eigenvalue weighted by molar-refractivity contribution is 7.71. The highest BCUT2D eigenvalue weighted by atomic mass is 32.1. The van der Waals surface area contributed by atoms with E-state index in [1.807, 2.05) is 18.7 Å². The third-order valence-electron chi connectivity index (χ3n) is 4.15. The van der Waals surface area contributed by atoms with Gasteiger partial charge in [-0.25, -0.2) is 0 Å². The van der Waals surface area contributed by atoms with Crippen LogP contribution in [-0.4, -0.2) is 30.5 Å². The lowest BCUT2D eigenvalue weighted by Gasteiger charge is -2.22. The van der Waals surface area contributed by atoms with Crippen LogP contribution >= 0.6 is 12.2 Å². The quantitative estimate of drug-likeness (QED) is 0.623. The number of aryl methyl sites for hydroxylation is 2. The molecule has 2 N–H and O–H groups in total. The molecule has 2 aromatic heterocycles. The first-order valence-corrected chi connectivity index (χ1v) is 7.32. The van der Waals surface area contributed by atoms with Crippen LogP contribution in [0.1, 0.15) is 43.8 Å². The predicted octanol–water partition coefficient (Wildman–Crippen LogP) is 2.61. The van der Waals surface area contributed by atoms with Gasteiger partial charge in [-0.05, 0) is 32.0 Å². The Balaban J connectivity index is 2.18. The number of rotatable bonds is 1. The van der Waals surface area contributed by atoms with Gasteiger partial charge in [-0.15, -0.1) is 0 Å². The average molecular weight is 280 g/mol. The number of aliphatic hydroxyl groups is 1. The van der Waals surface area contributed by atoms with Crippen molar-refractivity contribution in [3.63, 3.8) is 0 Å². The van der Waals surface area contributed by atoms with E-state index in [2.05, 4.69) is 14.6 Å². The molecule has 0 aliphatic heterocycles. The molecule has 6 heteroatoms. The molecule has 1 fully saturated rings. The first kappa shape index (κ1) is 12.9. The topological polar surface area (TPSA) is 58.8 Å². The molecule has 19 heavy (non-hydrogen) atoms. The van der Waals surface area contributed by atoms with E-state index in [0.717, 1.165) is 42.5 Å². The van der Waals surface area contributed by atoms with Crippen molar-refractivity contribution in [1.82, 2.24) is 19.3 Å². The van der Waals surface area contributed by atoms with E-state index in [-0.39, 0.29) is 12.1 Å². The molecule has 2 unspecified atom stereocenters. The van der Waals surface area contributed by atoms with Gasteiger partial charge in [0.1, 0.15) is 5.52 Å². The summed E-state index contributed by atoms with van der Waals surface area (Å²) >= 11 is 5.46. The van der Waals surface area contributed by atoms with Crippen molar-refractivity contribution < 1.29 is 5.11 Å². The monoisotopic (exact) mass is 280 g/mol. The minimum atomic E-state index is -0.316. The smallest absolute Gasteiger partial charge is 0.179 e. The molecular weight excluding hydrogens is 260 g/mol. The van der Waals surface area contributed by atoms with Gasteiger partial charge in [0.2, 0.25) is 0 Å². The molecule has 0 aromatic carbocycles. The van der Waals surface area contributed by atoms with Gasteiger partial charge in [0.25, 0.3) is 0 Å². The van der Waals surface area contributed by atoms with Crippen molar-refractivity contribution >= 4 is 23.4 Å². The van der Waals surface area contributed by atoms with Gasteiger partial charge in [0.15, 0.2) is 10.4 Å². The summed E-state index contributed by atoms with van der Waals surface area (Å²) in [6.07, 6.45) is 4.96. The van der Waals surface area contributed by atoms with Crippen molar-refractivity contribution in [2.24, 2.45) is 7.05 Å². The Labute approximate surface area is 117 Å². The molecule has 1 aliphatic rings. The van der Waals surface area contributed by atoms with Crippen LogP contribution in [0.15, 0.2) is 0 Å². The highest BCUT2D eigenvalue weighted by Crippen LogP contribution is 2.31. The van der Waals surface area contributed by atoms with Crippen LogP contribution in [0, 0.1) is 11.7 Å². The van der Waals surface area contributed by atoms with Crippen molar-refractivity contribution in [2.45, 2.75) is 51.2 Å². The van der Waals surface area contributed by atoms with E-state index >= 15 is 0 Å². The van der Waals surface area contributed by atoms with E-state index in [1.165, 1.54) is 6.42 Å². The highest BCUT2D eigenvalue weighted by Gasteiger charge is 2.27. The Morgan fingerprint density at radius 3 is 2.84 bits per heavy atom. The van der Waals surface area contributed by atoms with Crippen LogP contribution in [0.25, 0.3) is 11.2 Å². The Kier molecular flexibility index (Phi) is 3.22. The number of aromatic amines is 1. The largest absolute Gasteiger partial charge is 0.391 e. The second-order valence-electron chi connectivity index (χ2n) is 5.48. The van der Waals surface area contributed by atoms with E-state index in [9.17, 15) is 5.11 Å². The fraction of sp³-hybridized carbons (Fsp3) is 0.692. The summed E-state index contributed by atoms with van der Waals surface area (Å²) in [7, 11) is 1.93. The van der Waals surface area contributed by atoms with Gasteiger partial charge in [-0.3, -0.25) is 9.25 Å². The van der Waals surface area contributed by atoms with Crippen LogP contribution in [0.2, 0.25) is 0 Å². The zero-order valence-corrected chi connectivity index (χ0v) is 12.2. The molecule has 0 bridgehead atoms. The Hall–Kier alpha value is -1.14. The van der Waals surface area contributed by atoms with Crippen molar-refractivity contribution in [1.29, 1.82) is 0 Å². The van der Waals surface area contributed by atoms with E-state index in [4.69, 9.17) is 12.2 Å². The number of hydrogen-bond donors (Lipinski definition) is 2. The number of imidazole rings is 1. The van der Waals surface area contributed by atoms with Gasteiger partial charge in [-0.1, -0.05) is 19.3 Å². The molecule has 2 aromatic rings. The van der Waals surface area contributed by atoms with E-state index in [1.54, 1.807) is 0 Å². The number of H-pyrrole nitrogens is 1. The molecule has 0 amide bonds. The third kappa shape index (κ3) is 2.03. The van der Waals surface area contributed by atoms with Gasteiger partial charge in [-0.2, -0.15) is 5.10 Å². The number of nitrogens with zero attached hydrogens (tertiary/aromatic N) is 3. The maximum absolute atomic E-state index is 10.4. The number of hydrogen-bond acceptors (Lipinski definition) is 3. The van der Waals surface area contributed by atoms with Crippen LogP contribution in [-0.2, 0) is 7.05 Å². The van der Waals surface area contributed by atoms with Crippen molar-refractivity contribution in [3.05, 3.63) is 10.5 Å². The molecular formula is C13H20N4OS. The average Bonchev–Trinajstić information content (AvgIpc) is 2.73. The molecule has 0 spiro atoms. The summed E-state index contributed by atoms with van der Waals surface area (Å²) in [6, 6.07) is 0.0681. The predicted molar refractivity (Wildman–Crippen MR) is 76.8 cm³/mol. The molecule has 1 saturated carbocycles. The minimum Gasteiger partial charge on any atom is -0.391 e. The Morgan fingerprint density at radius 1 is 1.32 bits per heavy atom. The van der Waals surface area contributed by atoms with E-state index in [0.29, 0.717) is 4.77 Å². The molecule has 5 nitrogen and oxygen atoms in total. The summed E-state index contributed by atoms with van der Waals surface area (Å²) < 4.78 is 4.62. The summed E-state index contributed by atoms with van der Waals surface area (Å²) in [5.41, 5.74) is 2.93. The zero-order valence-electron chi connectivity index (χ0n) is 11.4. The second kappa shape index (κ2) is 4.76. The SMILES string of the molecule is Cc1nn(C)c2c1[nH]c(=S)n2C1CCCCCC1O. The molecule has 2 atom stereocenters. The fourth-order valence-corrected chi connectivity index (χ4v) is 3.53. The number of aromatic nitrogens is 4. The van der Waals surface area contributed by atoms with Gasteiger partial charge < -0.3 is 10.1 Å². The number of fused-ring (bicyclic) bond motifs is 1. The molecule has 1 aliphatic carbocycles. The van der Waals surface area contributed by atoms with Gasteiger partial charge >= 0.3 is 0 Å². The van der Waals surface area contributed by atoms with Crippen LogP contribution in [0.3, 0.4) is 0 Å². The standard InChI is InChI=1S/C13H20N4OS/c1-8-11-12(16(2)15-8)17(13(19)14-11)9-6-4-3-5-7-10(9)18/h9-10,18H,3-7H2,1-2H3,(H,14,19). The lowest BCUT2D eigenvalue weighted by molar-refractivity contribution is 0.106. The molecule has 104 valence electrons. The molecule has 2 heterocycles. The fourth-order valence-electron chi connectivity index (χ4n) is 3.21. The Bertz CT molecular complexity index is 653. The molecule has 3 rings (SSSR count). The summed E-state index contributed by atoms with van der Waals surface area (Å²) in [5.74, 6) is 0. The minimum absolute atomic E-state index is 0.0681. The van der Waals surface area contributed by atoms with Crippen LogP contribution < -0.4 is 0 Å². The van der Waals surface area contributed by atoms with E-state index < -0.39 is 0 Å². The lowest BCUT2D eigenvalue weighted by atomic mass is 10.1. The summed E-state index contributed by atoms with van der Waals surface area (Å²) in [6.45, 7) is 1.97. The first-order valence-electron chi connectivity index (χ1n) is 6.91.